The molecule has 0 saturated carbocycles. The fourth-order valence-corrected chi connectivity index (χ4v) is 19.9. The van der Waals surface area contributed by atoms with Crippen LogP contribution in [0.1, 0.15) is 234 Å². The van der Waals surface area contributed by atoms with Gasteiger partial charge in [0.15, 0.2) is 0 Å². The van der Waals surface area contributed by atoms with Crippen LogP contribution in [-0.2, 0) is 32.2 Å². The lowest BCUT2D eigenvalue weighted by atomic mass is 9.77. The van der Waals surface area contributed by atoms with Crippen LogP contribution in [-0.4, -0.2) is 142 Å². The van der Waals surface area contributed by atoms with Gasteiger partial charge < -0.3 is 47.0 Å². The van der Waals surface area contributed by atoms with Crippen LogP contribution in [0, 0.1) is 31.6 Å². The molecule has 11 N–H and O–H groups in total. The number of hydrogen-bond acceptors (Lipinski definition) is 21. The van der Waals surface area contributed by atoms with E-state index in [1.54, 1.807) is 30.3 Å². The zero-order valence-corrected chi connectivity index (χ0v) is 76.3. The molecule has 0 fully saturated rings. The van der Waals surface area contributed by atoms with Crippen LogP contribution in [0.3, 0.4) is 0 Å². The van der Waals surface area contributed by atoms with Crippen molar-refractivity contribution in [2.45, 2.75) is 214 Å². The molecule has 0 amide bonds. The van der Waals surface area contributed by atoms with E-state index in [1.165, 1.54) is 124 Å². The number of nitrogens with two attached hydrogens (primary N) is 1. The standard InChI is InChI=1S/C25H38N4O.C22H22N4.C20H19N3O.C20H21N3O.C19H20N4O.CH4O/c1-6-11-20(16-19(7-2)12-10-15-30)18(5)24-21(26)13-14-22-25(24)23(28-27-22)17-29(8-3)9-4;1-2-6-16-15(5-1)21-17-12-24-26-19(17)8-9-20(21)25-22(16)14-10-13-4-3-7-18(13)23-11-14;24-14-8-5-12(6-9-14)18-16-4-2-1-3-15(16)17-10-7-13-11-21-23-19(13)20(17)22-18;24-18-9-6-15(7-10-18)20(14-4-2-1-3-5-14)22-17-8-11-19-16(12-17)13-21-23-19;1-12-18(13(2)24-23-12)19(14-6-4-3-5-7-14)21-16-8-9-17-15(10-16)11-20-22-17;1-2/h7,10,12-14,30H,6,8-9,11,15-17,26H2,1-5H3,(H,27,28);3-4,8-13,17-19,26H,1-2,5-7H2;5-11,13,19,23-24H,1-4H2;4,6-13,16,19,23-24H,1-3,5H2;6,8-11H,3-5,7H2,1-2H3,(H,20,22);2H,1H3/b12-10-,19-7+,20-18-;;;;;. The first-order chi connectivity index (χ1) is 63.7. The maximum absolute atomic E-state index is 9.60. The van der Waals surface area contributed by atoms with E-state index >= 15 is 0 Å². The number of aliphatic imine (C=N–C) groups is 3. The number of aryl methyl sites for hydroxylation is 2. The number of aromatic hydroxyl groups is 2. The molecular weight excluding hydrogens is 1620 g/mol. The molecule has 4 aromatic carbocycles. The van der Waals surface area contributed by atoms with Gasteiger partial charge in [0.05, 0.1) is 111 Å². The minimum atomic E-state index is 0.0547. The highest BCUT2D eigenvalue weighted by atomic mass is 16.5. The van der Waals surface area contributed by atoms with Crippen molar-refractivity contribution in [2.24, 2.45) is 48.0 Å². The molecule has 130 heavy (non-hydrogen) atoms. The molecule has 0 radical (unpaired) electrons. The van der Waals surface area contributed by atoms with Crippen molar-refractivity contribution in [3.8, 4) is 22.8 Å². The number of hydrazone groups is 3. The summed E-state index contributed by atoms with van der Waals surface area (Å²) < 4.78 is 5.39. The topological polar surface area (TPSA) is 330 Å². The lowest BCUT2D eigenvalue weighted by Gasteiger charge is -2.30. The van der Waals surface area contributed by atoms with Crippen LogP contribution < -0.4 is 22.0 Å². The Morgan fingerprint density at radius 2 is 1.38 bits per heavy atom. The van der Waals surface area contributed by atoms with Gasteiger partial charge in [-0.3, -0.25) is 20.1 Å². The molecule has 672 valence electrons. The van der Waals surface area contributed by atoms with Gasteiger partial charge in [0.2, 0.25) is 0 Å². The van der Waals surface area contributed by atoms with E-state index < -0.39 is 0 Å². The third-order valence-electron chi connectivity index (χ3n) is 26.8. The van der Waals surface area contributed by atoms with Gasteiger partial charge in [-0.25, -0.2) is 20.0 Å². The van der Waals surface area contributed by atoms with E-state index in [2.05, 4.69) is 187 Å². The molecule has 23 nitrogen and oxygen atoms in total. The van der Waals surface area contributed by atoms with Crippen LogP contribution in [0.2, 0.25) is 0 Å². The number of benzene rings is 4. The van der Waals surface area contributed by atoms with Crippen molar-refractivity contribution >= 4 is 92.8 Å². The normalized spacial score (nSPS) is 21.7. The highest BCUT2D eigenvalue weighted by Gasteiger charge is 2.37. The van der Waals surface area contributed by atoms with Crippen LogP contribution >= 0.6 is 0 Å². The Kier molecular flexibility index (Phi) is 29.7. The summed E-state index contributed by atoms with van der Waals surface area (Å²) in [6.07, 6.45) is 65.3. The van der Waals surface area contributed by atoms with E-state index in [0.29, 0.717) is 35.6 Å². The van der Waals surface area contributed by atoms with Crippen molar-refractivity contribution < 1.29 is 24.9 Å². The van der Waals surface area contributed by atoms with Gasteiger partial charge in [0.25, 0.3) is 0 Å². The molecule has 0 spiro atoms. The first kappa shape index (κ1) is 90.5. The summed E-state index contributed by atoms with van der Waals surface area (Å²) in [7, 11) is 1.00. The molecular formula is C107H124N18O5. The first-order valence-electron chi connectivity index (χ1n) is 46.9. The lowest BCUT2D eigenvalue weighted by Crippen LogP contribution is -2.29. The van der Waals surface area contributed by atoms with Gasteiger partial charge in [0.1, 0.15) is 17.3 Å². The minimum Gasteiger partial charge on any atom is -0.508 e. The van der Waals surface area contributed by atoms with Crippen LogP contribution in [0.25, 0.3) is 56.4 Å². The van der Waals surface area contributed by atoms with Gasteiger partial charge in [-0.15, -0.1) is 0 Å². The monoisotopic (exact) mass is 1740 g/mol. The lowest BCUT2D eigenvalue weighted by molar-refractivity contribution is 0.293. The number of fused-ring (bicyclic) bond motifs is 14. The number of aromatic amines is 2. The summed E-state index contributed by atoms with van der Waals surface area (Å²) >= 11 is 0. The number of phenolic OH excluding ortho intramolecular Hbond substituents is 2. The summed E-state index contributed by atoms with van der Waals surface area (Å²) in [5, 5.41) is 69.3. The zero-order chi connectivity index (χ0) is 90.2. The zero-order valence-electron chi connectivity index (χ0n) is 76.3. The molecule has 5 aromatic heterocycles. The molecule has 12 aliphatic rings. The molecule has 0 bridgehead atoms. The Morgan fingerprint density at radius 1 is 0.677 bits per heavy atom. The average Bonchev–Trinajstić information content (AvgIpc) is 1.58. The predicted octanol–water partition coefficient (Wildman–Crippen LogP) is 20.6. The Morgan fingerprint density at radius 3 is 2.10 bits per heavy atom. The molecule has 4 aliphatic heterocycles. The summed E-state index contributed by atoms with van der Waals surface area (Å²) in [5.41, 5.74) is 49.7. The molecule has 8 unspecified atom stereocenters. The van der Waals surface area contributed by atoms with Crippen molar-refractivity contribution in [1.82, 2.24) is 56.7 Å². The third-order valence-corrected chi connectivity index (χ3v) is 26.8. The van der Waals surface area contributed by atoms with Crippen molar-refractivity contribution in [2.75, 3.05) is 32.5 Å². The SMILES string of the molecule is C/C=C(\C=C/CO)C/C(CCC)=C(/C)c1c(N)ccc2n[nH]c(CN(CC)CC)c12.C1=CC2C=C(c3nc4c(c5c3CCCC5)C3C=NNC3C=C4)C=NC2C1.CO.Cc1noc(C)c1C(=Nc1ccc2[nH]ncc2c1)C1=CCCCC1.Oc1ccc(-c2nc3c(c4c2CCCC4)C=CC2C=NNC32)cc1.Oc1ccc(C(=NC2=CC3C=NNC3C=C2)C2=CCCCC2)cc1. The number of aliphatic hydroxyl groups excluding tert-OH is 2. The minimum absolute atomic E-state index is 0.0547. The van der Waals surface area contributed by atoms with Gasteiger partial charge in [-0.05, 0) is 310 Å². The number of allylic oxidation sites excluding steroid dienone is 11. The largest absolute Gasteiger partial charge is 0.508 e. The Hall–Kier alpha value is -12.8. The van der Waals surface area contributed by atoms with Crippen molar-refractivity contribution in [1.29, 1.82) is 0 Å². The van der Waals surface area contributed by atoms with Crippen molar-refractivity contribution in [3.63, 3.8) is 0 Å². The van der Waals surface area contributed by atoms with Gasteiger partial charge in [-0.2, -0.15) is 25.5 Å². The number of phenols is 2. The van der Waals surface area contributed by atoms with Crippen molar-refractivity contribution in [3.05, 3.63) is 276 Å². The highest BCUT2D eigenvalue weighted by molar-refractivity contribution is 6.15. The number of hydrogen-bond donors (Lipinski definition) is 10. The summed E-state index contributed by atoms with van der Waals surface area (Å²) in [6, 6.07) is 25.9. The summed E-state index contributed by atoms with van der Waals surface area (Å²) in [5.74, 6) is 2.73. The van der Waals surface area contributed by atoms with E-state index in [4.69, 9.17) is 45.4 Å². The van der Waals surface area contributed by atoms with Crippen LogP contribution in [0.15, 0.2) is 227 Å². The molecule has 21 rings (SSSR count). The fraction of sp³-hybridized carbons (Fsp3) is 0.374. The molecule has 8 atom stereocenters. The van der Waals surface area contributed by atoms with Crippen LogP contribution in [0.5, 0.6) is 11.5 Å². The fourth-order valence-electron chi connectivity index (χ4n) is 19.9. The number of dihydropyridines is 1. The second-order valence-corrected chi connectivity index (χ2v) is 35.2. The van der Waals surface area contributed by atoms with Gasteiger partial charge >= 0.3 is 0 Å². The second kappa shape index (κ2) is 42.6. The van der Waals surface area contributed by atoms with E-state index in [-0.39, 0.29) is 30.4 Å². The Bertz CT molecular complexity index is 6140. The molecule has 0 saturated heterocycles. The van der Waals surface area contributed by atoms with Gasteiger partial charge in [0, 0.05) is 106 Å². The number of rotatable bonds is 19. The molecule has 8 aliphatic carbocycles. The number of H-pyrrole nitrogens is 2. The number of aliphatic hydroxyl groups is 2. The van der Waals surface area contributed by atoms with Crippen LogP contribution in [0.4, 0.5) is 11.4 Å². The Balaban J connectivity index is 0.000000119. The maximum atomic E-state index is 9.60. The summed E-state index contributed by atoms with van der Waals surface area (Å²) in [6.45, 7) is 17.6. The number of nitrogen functional groups attached to an aromatic ring is 1. The van der Waals surface area contributed by atoms with E-state index in [9.17, 15) is 10.2 Å². The average molecular weight is 1740 g/mol. The molecule has 9 heterocycles. The summed E-state index contributed by atoms with van der Waals surface area (Å²) in [4.78, 5) is 27.4. The number of pyridine rings is 2. The maximum Gasteiger partial charge on any atom is 0.143 e. The number of anilines is 1. The highest BCUT2D eigenvalue weighted by Crippen LogP contribution is 2.45. The number of nitrogens with zero attached hydrogens (tertiary/aromatic N) is 12. The van der Waals surface area contributed by atoms with E-state index in [0.717, 1.165) is 211 Å². The third kappa shape index (κ3) is 20.3. The predicted molar refractivity (Wildman–Crippen MR) is 530 cm³/mol. The smallest absolute Gasteiger partial charge is 0.143 e. The molecule has 23 heteroatoms. The quantitative estimate of drug-likeness (QED) is 0.0156. The Labute approximate surface area is 763 Å². The first-order valence-corrected chi connectivity index (χ1v) is 46.9. The molecule has 9 aromatic rings. The van der Waals surface area contributed by atoms with E-state index in [1.807, 2.05) is 94.0 Å². The van der Waals surface area contributed by atoms with Gasteiger partial charge in [-0.1, -0.05) is 111 Å². The number of nitrogens with one attached hydrogen (secondary N) is 5. The second-order valence-electron chi connectivity index (χ2n) is 35.2. The number of aromatic nitrogens is 7.